The molecule has 0 bridgehead atoms. The Bertz CT molecular complexity index is 972. The van der Waals surface area contributed by atoms with Gasteiger partial charge in [0.15, 0.2) is 0 Å². The second-order valence-corrected chi connectivity index (χ2v) is 5.51. The molecule has 4 heteroatoms. The van der Waals surface area contributed by atoms with Crippen LogP contribution in [-0.2, 0) is 0 Å². The van der Waals surface area contributed by atoms with E-state index in [4.69, 9.17) is 4.74 Å². The molecule has 4 nitrogen and oxygen atoms in total. The highest BCUT2D eigenvalue weighted by atomic mass is 16.5. The van der Waals surface area contributed by atoms with Crippen molar-refractivity contribution in [1.29, 1.82) is 0 Å². The maximum atomic E-state index is 13.2. The Balaban J connectivity index is 2.20. The number of para-hydroxylation sites is 2. The molecule has 0 atom stereocenters. The molecular formula is C19H16N2O2. The first-order valence-electron chi connectivity index (χ1n) is 7.65. The van der Waals surface area contributed by atoms with Crippen molar-refractivity contribution in [3.63, 3.8) is 0 Å². The summed E-state index contributed by atoms with van der Waals surface area (Å²) in [6.07, 6.45) is 0. The van der Waals surface area contributed by atoms with Crippen LogP contribution in [0, 0.1) is 0 Å². The molecule has 0 saturated heterocycles. The summed E-state index contributed by atoms with van der Waals surface area (Å²) < 4.78 is 7.61. The van der Waals surface area contributed by atoms with E-state index in [2.05, 4.69) is 4.99 Å². The minimum atomic E-state index is -0.0898. The van der Waals surface area contributed by atoms with Gasteiger partial charge in [0.1, 0.15) is 17.9 Å². The van der Waals surface area contributed by atoms with Crippen LogP contribution in [0.5, 0.6) is 5.75 Å². The largest absolute Gasteiger partial charge is 0.490 e. The van der Waals surface area contributed by atoms with Crippen LogP contribution >= 0.6 is 0 Å². The molecule has 0 saturated carbocycles. The monoisotopic (exact) mass is 304 g/mol. The number of fused-ring (bicyclic) bond motifs is 3. The number of aromatic nitrogens is 1. The van der Waals surface area contributed by atoms with Gasteiger partial charge in [0, 0.05) is 16.8 Å². The predicted molar refractivity (Wildman–Crippen MR) is 92.1 cm³/mol. The Kier molecular flexibility index (Phi) is 3.23. The Labute approximate surface area is 133 Å². The van der Waals surface area contributed by atoms with Crippen molar-refractivity contribution in [1.82, 2.24) is 4.57 Å². The number of aliphatic imine (C=N–C) groups is 1. The van der Waals surface area contributed by atoms with Gasteiger partial charge in [-0.3, -0.25) is 14.4 Å². The maximum absolute atomic E-state index is 13.2. The molecular weight excluding hydrogens is 288 g/mol. The van der Waals surface area contributed by atoms with Crippen molar-refractivity contribution in [2.45, 2.75) is 6.92 Å². The minimum absolute atomic E-state index is 0.0898. The van der Waals surface area contributed by atoms with Crippen LogP contribution in [0.3, 0.4) is 0 Å². The summed E-state index contributed by atoms with van der Waals surface area (Å²) in [6.45, 7) is 2.93. The van der Waals surface area contributed by atoms with Crippen molar-refractivity contribution < 1.29 is 4.74 Å². The second-order valence-electron chi connectivity index (χ2n) is 5.51. The van der Waals surface area contributed by atoms with E-state index in [9.17, 15) is 4.79 Å². The van der Waals surface area contributed by atoms with Crippen LogP contribution in [0.2, 0.25) is 0 Å². The molecule has 0 fully saturated rings. The van der Waals surface area contributed by atoms with Crippen molar-refractivity contribution in [2.24, 2.45) is 4.99 Å². The molecule has 114 valence electrons. The second kappa shape index (κ2) is 5.39. The van der Waals surface area contributed by atoms with Gasteiger partial charge < -0.3 is 4.74 Å². The van der Waals surface area contributed by atoms with E-state index < -0.39 is 0 Å². The van der Waals surface area contributed by atoms with Crippen LogP contribution in [-0.4, -0.2) is 23.4 Å². The molecule has 4 rings (SSSR count). The third-order valence-electron chi connectivity index (χ3n) is 4.10. The molecule has 0 spiro atoms. The molecule has 1 aliphatic rings. The van der Waals surface area contributed by atoms with Crippen LogP contribution in [0.15, 0.2) is 64.4 Å². The maximum Gasteiger partial charge on any atom is 0.268 e. The summed E-state index contributed by atoms with van der Waals surface area (Å²) in [7, 11) is 0. The summed E-state index contributed by atoms with van der Waals surface area (Å²) in [5, 5.41) is 0.933. The average Bonchev–Trinajstić information content (AvgIpc) is 2.78. The van der Waals surface area contributed by atoms with Gasteiger partial charge >= 0.3 is 0 Å². The SMILES string of the molecule is CC1=NCCOc2c1c(=O)n(-c1ccccc1)c1ccccc21. The first-order chi connectivity index (χ1) is 11.3. The van der Waals surface area contributed by atoms with E-state index in [1.807, 2.05) is 61.5 Å². The molecule has 23 heavy (non-hydrogen) atoms. The van der Waals surface area contributed by atoms with Gasteiger partial charge in [-0.2, -0.15) is 0 Å². The zero-order valence-electron chi connectivity index (χ0n) is 12.8. The lowest BCUT2D eigenvalue weighted by Gasteiger charge is -2.16. The van der Waals surface area contributed by atoms with Gasteiger partial charge in [-0.05, 0) is 31.2 Å². The first-order valence-corrected chi connectivity index (χ1v) is 7.65. The number of hydrogen-bond acceptors (Lipinski definition) is 3. The lowest BCUT2D eigenvalue weighted by molar-refractivity contribution is 0.334. The molecule has 0 unspecified atom stereocenters. The number of rotatable bonds is 1. The molecule has 1 aromatic heterocycles. The van der Waals surface area contributed by atoms with Crippen molar-refractivity contribution in [2.75, 3.05) is 13.2 Å². The highest BCUT2D eigenvalue weighted by Gasteiger charge is 2.22. The average molecular weight is 304 g/mol. The lowest BCUT2D eigenvalue weighted by Crippen LogP contribution is -2.25. The molecule has 2 aromatic carbocycles. The van der Waals surface area contributed by atoms with E-state index in [-0.39, 0.29) is 5.56 Å². The van der Waals surface area contributed by atoms with E-state index in [1.165, 1.54) is 0 Å². The Hall–Kier alpha value is -2.88. The quantitative estimate of drug-likeness (QED) is 0.693. The lowest BCUT2D eigenvalue weighted by atomic mass is 10.1. The van der Waals surface area contributed by atoms with Gasteiger partial charge in [0.05, 0.1) is 12.1 Å². The minimum Gasteiger partial charge on any atom is -0.490 e. The third-order valence-corrected chi connectivity index (χ3v) is 4.10. The Morgan fingerprint density at radius 3 is 2.61 bits per heavy atom. The van der Waals surface area contributed by atoms with Crippen LogP contribution in [0.25, 0.3) is 16.6 Å². The fourth-order valence-corrected chi connectivity index (χ4v) is 3.06. The smallest absolute Gasteiger partial charge is 0.268 e. The zero-order chi connectivity index (χ0) is 15.8. The van der Waals surface area contributed by atoms with Crippen molar-refractivity contribution >= 4 is 16.6 Å². The Morgan fingerprint density at radius 1 is 1.04 bits per heavy atom. The standard InChI is InChI=1S/C19H16N2O2/c1-13-17-18(23-12-11-20-13)15-9-5-6-10-16(15)21(19(17)22)14-7-3-2-4-8-14/h2-10H,11-12H2,1H3. The van der Waals surface area contributed by atoms with Crippen molar-refractivity contribution in [3.05, 3.63) is 70.5 Å². The van der Waals surface area contributed by atoms with Gasteiger partial charge in [-0.25, -0.2) is 0 Å². The van der Waals surface area contributed by atoms with Gasteiger partial charge in [0.2, 0.25) is 0 Å². The highest BCUT2D eigenvalue weighted by molar-refractivity contribution is 6.06. The van der Waals surface area contributed by atoms with Gasteiger partial charge in [-0.1, -0.05) is 30.3 Å². The van der Waals surface area contributed by atoms with E-state index in [0.29, 0.717) is 24.5 Å². The molecule has 2 heterocycles. The van der Waals surface area contributed by atoms with Crippen LogP contribution in [0.4, 0.5) is 0 Å². The third kappa shape index (κ3) is 2.14. The predicted octanol–water partition coefficient (Wildman–Crippen LogP) is 3.19. The Morgan fingerprint density at radius 2 is 1.78 bits per heavy atom. The van der Waals surface area contributed by atoms with E-state index in [0.717, 1.165) is 22.3 Å². The summed E-state index contributed by atoms with van der Waals surface area (Å²) >= 11 is 0. The highest BCUT2D eigenvalue weighted by Crippen LogP contribution is 2.30. The van der Waals surface area contributed by atoms with E-state index >= 15 is 0 Å². The number of ether oxygens (including phenoxy) is 1. The van der Waals surface area contributed by atoms with Crippen LogP contribution in [0.1, 0.15) is 12.5 Å². The molecule has 3 aromatic rings. The van der Waals surface area contributed by atoms with Gasteiger partial charge in [0.25, 0.3) is 5.56 Å². The molecule has 0 N–H and O–H groups in total. The number of pyridine rings is 1. The summed E-state index contributed by atoms with van der Waals surface area (Å²) in [5.41, 5.74) is 2.89. The topological polar surface area (TPSA) is 43.6 Å². The molecule has 0 aliphatic carbocycles. The number of hydrogen-bond donors (Lipinski definition) is 0. The molecule has 1 aliphatic heterocycles. The fourth-order valence-electron chi connectivity index (χ4n) is 3.06. The van der Waals surface area contributed by atoms with Crippen LogP contribution < -0.4 is 10.3 Å². The molecule has 0 radical (unpaired) electrons. The zero-order valence-corrected chi connectivity index (χ0v) is 12.8. The fraction of sp³-hybridized carbons (Fsp3) is 0.158. The summed E-state index contributed by atoms with van der Waals surface area (Å²) in [6, 6.07) is 17.5. The molecule has 0 amide bonds. The number of nitrogens with zero attached hydrogens (tertiary/aromatic N) is 2. The summed E-state index contributed by atoms with van der Waals surface area (Å²) in [4.78, 5) is 17.6. The normalized spacial score (nSPS) is 13.9. The first kappa shape index (κ1) is 13.8. The summed E-state index contributed by atoms with van der Waals surface area (Å²) in [5.74, 6) is 0.650. The van der Waals surface area contributed by atoms with Crippen molar-refractivity contribution in [3.8, 4) is 11.4 Å². The van der Waals surface area contributed by atoms with E-state index in [1.54, 1.807) is 4.57 Å². The number of benzene rings is 2. The van der Waals surface area contributed by atoms with Gasteiger partial charge in [-0.15, -0.1) is 0 Å².